The minimum atomic E-state index is -3.85. The summed E-state index contributed by atoms with van der Waals surface area (Å²) in [6, 6.07) is 13.6. The number of nitrogens with one attached hydrogen (secondary N) is 2. The maximum Gasteiger partial charge on any atom is 0.241 e. The molecule has 2 aromatic carbocycles. The fourth-order valence-electron chi connectivity index (χ4n) is 4.11. The fourth-order valence-corrected chi connectivity index (χ4v) is 5.31. The zero-order valence-corrected chi connectivity index (χ0v) is 20.3. The molecule has 0 radical (unpaired) electrons. The molecular weight excluding hydrogens is 438 g/mol. The van der Waals surface area contributed by atoms with Gasteiger partial charge in [-0.1, -0.05) is 29.8 Å². The Kier molecular flexibility index (Phi) is 8.26. The third-order valence-corrected chi connectivity index (χ3v) is 7.63. The molecule has 0 bridgehead atoms. The van der Waals surface area contributed by atoms with E-state index >= 15 is 0 Å². The Balaban J connectivity index is 1.48. The van der Waals surface area contributed by atoms with Crippen molar-refractivity contribution in [1.29, 1.82) is 0 Å². The van der Waals surface area contributed by atoms with Gasteiger partial charge in [0.25, 0.3) is 0 Å². The topological polar surface area (TPSA) is 95.6 Å². The quantitative estimate of drug-likeness (QED) is 0.616. The standard InChI is InChI=1S/C25H33N3O4S/c1-18-4-6-21(7-5-18)8-9-22-14-16-28(17-15-22)25(30)19(2)27-33(31,32)24-12-10-23(11-13-24)26-20(3)29/h4-7,10-13,19,22,27H,8-9,14-17H2,1-3H3,(H,26,29)/t19-/m0/s1. The number of amides is 2. The predicted molar refractivity (Wildman–Crippen MR) is 129 cm³/mol. The third kappa shape index (κ3) is 7.14. The molecule has 33 heavy (non-hydrogen) atoms. The van der Waals surface area contributed by atoms with Crippen LogP contribution in [-0.4, -0.2) is 44.3 Å². The number of aryl methyl sites for hydroxylation is 2. The van der Waals surface area contributed by atoms with E-state index in [4.69, 9.17) is 0 Å². The van der Waals surface area contributed by atoms with Crippen LogP contribution in [0.2, 0.25) is 0 Å². The molecule has 1 heterocycles. The molecule has 8 heteroatoms. The summed E-state index contributed by atoms with van der Waals surface area (Å²) in [6.07, 6.45) is 4.00. The van der Waals surface area contributed by atoms with Gasteiger partial charge in [0, 0.05) is 25.7 Å². The summed E-state index contributed by atoms with van der Waals surface area (Å²) in [7, 11) is -3.85. The lowest BCUT2D eigenvalue weighted by Gasteiger charge is -2.33. The first-order valence-electron chi connectivity index (χ1n) is 11.4. The van der Waals surface area contributed by atoms with Gasteiger partial charge in [-0.25, -0.2) is 8.42 Å². The molecule has 2 aromatic rings. The van der Waals surface area contributed by atoms with E-state index in [1.807, 2.05) is 0 Å². The Morgan fingerprint density at radius 2 is 1.64 bits per heavy atom. The van der Waals surface area contributed by atoms with Crippen LogP contribution in [-0.2, 0) is 26.0 Å². The van der Waals surface area contributed by atoms with Crippen molar-refractivity contribution in [2.75, 3.05) is 18.4 Å². The van der Waals surface area contributed by atoms with Crippen molar-refractivity contribution in [3.63, 3.8) is 0 Å². The summed E-state index contributed by atoms with van der Waals surface area (Å²) in [5.41, 5.74) is 3.11. The first-order valence-corrected chi connectivity index (χ1v) is 12.9. The molecule has 0 spiro atoms. The molecule has 178 valence electrons. The molecule has 3 rings (SSSR count). The van der Waals surface area contributed by atoms with Crippen LogP contribution in [0, 0.1) is 12.8 Å². The highest BCUT2D eigenvalue weighted by molar-refractivity contribution is 7.89. The summed E-state index contributed by atoms with van der Waals surface area (Å²) in [5.74, 6) is 0.136. The van der Waals surface area contributed by atoms with Gasteiger partial charge in [0.1, 0.15) is 0 Å². The maximum absolute atomic E-state index is 12.9. The molecule has 1 aliphatic heterocycles. The molecule has 0 saturated carbocycles. The number of piperidine rings is 1. The lowest BCUT2D eigenvalue weighted by molar-refractivity contribution is -0.134. The van der Waals surface area contributed by atoms with Gasteiger partial charge < -0.3 is 10.2 Å². The Bertz CT molecular complexity index is 1060. The van der Waals surface area contributed by atoms with Crippen molar-refractivity contribution in [2.45, 2.75) is 57.4 Å². The molecule has 7 nitrogen and oxygen atoms in total. The van der Waals surface area contributed by atoms with E-state index in [0.717, 1.165) is 25.7 Å². The van der Waals surface area contributed by atoms with Crippen molar-refractivity contribution in [3.8, 4) is 0 Å². The van der Waals surface area contributed by atoms with Crippen LogP contribution >= 0.6 is 0 Å². The summed E-state index contributed by atoms with van der Waals surface area (Å²) in [6.45, 7) is 6.34. The zero-order valence-electron chi connectivity index (χ0n) is 19.5. The van der Waals surface area contributed by atoms with Gasteiger partial charge in [0.15, 0.2) is 0 Å². The number of hydrogen-bond acceptors (Lipinski definition) is 4. The van der Waals surface area contributed by atoms with Crippen LogP contribution in [0.5, 0.6) is 0 Å². The van der Waals surface area contributed by atoms with Gasteiger partial charge in [0.2, 0.25) is 21.8 Å². The number of carbonyl (C=O) groups is 2. The molecular formula is C25H33N3O4S. The van der Waals surface area contributed by atoms with E-state index in [-0.39, 0.29) is 16.7 Å². The summed E-state index contributed by atoms with van der Waals surface area (Å²) in [4.78, 5) is 25.8. The first-order chi connectivity index (χ1) is 15.6. The molecule has 1 fully saturated rings. The SMILES string of the molecule is CC(=O)Nc1ccc(S(=O)(=O)N[C@@H](C)C(=O)N2CCC(CCc3ccc(C)cc3)CC2)cc1. The normalized spacial score (nSPS) is 15.8. The minimum absolute atomic E-state index is 0.0473. The number of nitrogens with zero attached hydrogens (tertiary/aromatic N) is 1. The monoisotopic (exact) mass is 471 g/mol. The number of benzene rings is 2. The van der Waals surface area contributed by atoms with Crippen molar-refractivity contribution >= 4 is 27.5 Å². The molecule has 2 N–H and O–H groups in total. The number of hydrogen-bond donors (Lipinski definition) is 2. The lowest BCUT2D eigenvalue weighted by atomic mass is 9.90. The number of carbonyl (C=O) groups excluding carboxylic acids is 2. The van der Waals surface area contributed by atoms with Gasteiger partial charge in [-0.2, -0.15) is 4.72 Å². The van der Waals surface area contributed by atoms with Gasteiger partial charge in [-0.3, -0.25) is 9.59 Å². The Labute approximate surface area is 196 Å². The molecule has 0 aromatic heterocycles. The highest BCUT2D eigenvalue weighted by Crippen LogP contribution is 2.23. The fraction of sp³-hybridized carbons (Fsp3) is 0.440. The van der Waals surface area contributed by atoms with Crippen molar-refractivity contribution in [1.82, 2.24) is 9.62 Å². The summed E-state index contributed by atoms with van der Waals surface area (Å²) < 4.78 is 27.9. The average molecular weight is 472 g/mol. The second-order valence-corrected chi connectivity index (χ2v) is 10.6. The Morgan fingerprint density at radius 1 is 1.03 bits per heavy atom. The van der Waals surface area contributed by atoms with Crippen LogP contribution in [0.15, 0.2) is 53.4 Å². The molecule has 1 saturated heterocycles. The van der Waals surface area contributed by atoms with Crippen LogP contribution in [0.4, 0.5) is 5.69 Å². The van der Waals surface area contributed by atoms with E-state index in [0.29, 0.717) is 24.7 Å². The van der Waals surface area contributed by atoms with E-state index in [1.165, 1.54) is 42.3 Å². The second-order valence-electron chi connectivity index (χ2n) is 8.84. The minimum Gasteiger partial charge on any atom is -0.341 e. The van der Waals surface area contributed by atoms with Crippen molar-refractivity contribution in [2.24, 2.45) is 5.92 Å². The Hall–Kier alpha value is -2.71. The highest BCUT2D eigenvalue weighted by Gasteiger charge is 2.29. The second kappa shape index (κ2) is 10.9. The van der Waals surface area contributed by atoms with E-state index < -0.39 is 16.1 Å². The molecule has 0 aliphatic carbocycles. The predicted octanol–water partition coefficient (Wildman–Crippen LogP) is 3.49. The molecule has 2 amide bonds. The number of rotatable bonds is 8. The van der Waals surface area contributed by atoms with E-state index in [1.54, 1.807) is 11.8 Å². The number of sulfonamides is 1. The van der Waals surface area contributed by atoms with Gasteiger partial charge in [-0.15, -0.1) is 0 Å². The third-order valence-electron chi connectivity index (χ3n) is 6.08. The summed E-state index contributed by atoms with van der Waals surface area (Å²) in [5, 5.41) is 2.59. The smallest absolute Gasteiger partial charge is 0.241 e. The van der Waals surface area contributed by atoms with Gasteiger partial charge in [-0.05, 0) is 75.3 Å². The molecule has 1 aliphatic rings. The number of likely N-dealkylation sites (tertiary alicyclic amines) is 1. The molecule has 1 atom stereocenters. The zero-order chi connectivity index (χ0) is 24.0. The highest BCUT2D eigenvalue weighted by atomic mass is 32.2. The van der Waals surface area contributed by atoms with Gasteiger partial charge >= 0.3 is 0 Å². The van der Waals surface area contributed by atoms with Crippen molar-refractivity contribution in [3.05, 3.63) is 59.7 Å². The Morgan fingerprint density at radius 3 is 2.21 bits per heavy atom. The first kappa shape index (κ1) is 24.9. The van der Waals surface area contributed by atoms with Crippen LogP contribution < -0.4 is 10.0 Å². The average Bonchev–Trinajstić information content (AvgIpc) is 2.78. The van der Waals surface area contributed by atoms with Crippen molar-refractivity contribution < 1.29 is 18.0 Å². The van der Waals surface area contributed by atoms with Crippen LogP contribution in [0.3, 0.4) is 0 Å². The van der Waals surface area contributed by atoms with E-state index in [2.05, 4.69) is 41.2 Å². The number of anilines is 1. The van der Waals surface area contributed by atoms with E-state index in [9.17, 15) is 18.0 Å². The van der Waals surface area contributed by atoms with Gasteiger partial charge in [0.05, 0.1) is 10.9 Å². The largest absolute Gasteiger partial charge is 0.341 e. The lowest BCUT2D eigenvalue weighted by Crippen LogP contribution is -2.49. The maximum atomic E-state index is 12.9. The molecule has 0 unspecified atom stereocenters. The van der Waals surface area contributed by atoms with Crippen LogP contribution in [0.25, 0.3) is 0 Å². The summed E-state index contributed by atoms with van der Waals surface area (Å²) >= 11 is 0. The van der Waals surface area contributed by atoms with Crippen LogP contribution in [0.1, 0.15) is 44.2 Å².